The van der Waals surface area contributed by atoms with Crippen LogP contribution in [0.5, 0.6) is 17.8 Å². The van der Waals surface area contributed by atoms with Gasteiger partial charge in [0.2, 0.25) is 5.95 Å². The first-order valence-electron chi connectivity index (χ1n) is 5.75. The summed E-state index contributed by atoms with van der Waals surface area (Å²) in [5.41, 5.74) is 5.59. The van der Waals surface area contributed by atoms with Crippen molar-refractivity contribution in [2.75, 3.05) is 5.73 Å². The number of rotatable bonds is 4. The minimum atomic E-state index is -0.0842. The van der Waals surface area contributed by atoms with Crippen molar-refractivity contribution in [3.8, 4) is 17.8 Å². The Bertz CT molecular complexity index is 624. The van der Waals surface area contributed by atoms with Crippen LogP contribution in [0, 0.1) is 0 Å². The van der Waals surface area contributed by atoms with Gasteiger partial charge >= 0.3 is 12.0 Å². The Morgan fingerprint density at radius 1 is 1.20 bits per heavy atom. The highest BCUT2D eigenvalue weighted by atomic mass is 79.9. The summed E-state index contributed by atoms with van der Waals surface area (Å²) in [6.07, 6.45) is -0.0842. The second kappa shape index (κ2) is 6.23. The summed E-state index contributed by atoms with van der Waals surface area (Å²) >= 11 is 9.36. The summed E-state index contributed by atoms with van der Waals surface area (Å²) in [5.74, 6) is 0.416. The molecule has 0 aliphatic carbocycles. The maximum absolute atomic E-state index is 6.03. The monoisotopic (exact) mass is 358 g/mol. The Hall–Kier alpha value is -1.60. The minimum Gasteiger partial charge on any atom is -0.461 e. The normalized spacial score (nSPS) is 10.7. The van der Waals surface area contributed by atoms with Crippen molar-refractivity contribution in [1.29, 1.82) is 0 Å². The molecule has 0 saturated heterocycles. The molecule has 6 nitrogen and oxygen atoms in total. The van der Waals surface area contributed by atoms with Crippen LogP contribution in [-0.2, 0) is 0 Å². The van der Waals surface area contributed by atoms with E-state index in [9.17, 15) is 0 Å². The quantitative estimate of drug-likeness (QED) is 0.900. The Balaban J connectivity index is 2.28. The largest absolute Gasteiger partial charge is 0.461 e. The first-order valence-corrected chi connectivity index (χ1v) is 6.92. The van der Waals surface area contributed by atoms with E-state index in [1.807, 2.05) is 13.8 Å². The second-order valence-corrected chi connectivity index (χ2v) is 5.43. The smallest absolute Gasteiger partial charge is 0.330 e. The third-order valence-corrected chi connectivity index (χ3v) is 2.85. The zero-order chi connectivity index (χ0) is 14.7. The lowest BCUT2D eigenvalue weighted by molar-refractivity contribution is 0.219. The summed E-state index contributed by atoms with van der Waals surface area (Å²) < 4.78 is 11.7. The van der Waals surface area contributed by atoms with Gasteiger partial charge in [-0.15, -0.1) is 4.98 Å². The molecule has 106 valence electrons. The Kier molecular flexibility index (Phi) is 4.61. The molecule has 0 unspecified atom stereocenters. The lowest BCUT2D eigenvalue weighted by Gasteiger charge is -2.10. The first-order chi connectivity index (χ1) is 9.44. The highest BCUT2D eigenvalue weighted by Crippen LogP contribution is 2.31. The van der Waals surface area contributed by atoms with E-state index < -0.39 is 0 Å². The standard InChI is InChI=1S/C12H12BrClN4O2/c1-6(2)19-11-16-10(15)17-12(18-11)20-9-5-7(13)3-4-8(9)14/h3-6H,1-2H3,(H2,15,16,17,18). The Labute approximate surface area is 129 Å². The molecule has 0 amide bonds. The molecule has 1 aromatic carbocycles. The number of nitrogen functional groups attached to an aromatic ring is 1. The average molecular weight is 360 g/mol. The molecule has 2 N–H and O–H groups in total. The van der Waals surface area contributed by atoms with Gasteiger partial charge < -0.3 is 15.2 Å². The summed E-state index contributed by atoms with van der Waals surface area (Å²) in [5, 5.41) is 0.429. The zero-order valence-corrected chi connectivity index (χ0v) is 13.1. The molecule has 0 bridgehead atoms. The maximum atomic E-state index is 6.03. The molecule has 2 aromatic rings. The maximum Gasteiger partial charge on any atom is 0.330 e. The van der Waals surface area contributed by atoms with Crippen molar-refractivity contribution >= 4 is 33.5 Å². The molecule has 0 aliphatic rings. The number of nitrogens with two attached hydrogens (primary N) is 1. The number of ether oxygens (including phenoxy) is 2. The Morgan fingerprint density at radius 3 is 2.60 bits per heavy atom. The molecular formula is C12H12BrClN4O2. The van der Waals surface area contributed by atoms with Crippen molar-refractivity contribution in [3.63, 3.8) is 0 Å². The summed E-state index contributed by atoms with van der Waals surface area (Å²) in [6, 6.07) is 5.31. The van der Waals surface area contributed by atoms with Gasteiger partial charge in [0.15, 0.2) is 5.75 Å². The number of benzene rings is 1. The van der Waals surface area contributed by atoms with Gasteiger partial charge in [-0.3, -0.25) is 0 Å². The predicted octanol–water partition coefficient (Wildman–Crippen LogP) is 3.45. The lowest BCUT2D eigenvalue weighted by atomic mass is 10.3. The summed E-state index contributed by atoms with van der Waals surface area (Å²) in [6.45, 7) is 3.71. The zero-order valence-electron chi connectivity index (χ0n) is 10.8. The topological polar surface area (TPSA) is 83.2 Å². The fraction of sp³-hybridized carbons (Fsp3) is 0.250. The van der Waals surface area contributed by atoms with Crippen LogP contribution >= 0.6 is 27.5 Å². The van der Waals surface area contributed by atoms with Crippen molar-refractivity contribution < 1.29 is 9.47 Å². The van der Waals surface area contributed by atoms with Crippen molar-refractivity contribution in [2.45, 2.75) is 20.0 Å². The number of halogens is 2. The predicted molar refractivity (Wildman–Crippen MR) is 79.2 cm³/mol. The van der Waals surface area contributed by atoms with E-state index >= 15 is 0 Å². The molecular weight excluding hydrogens is 348 g/mol. The number of aromatic nitrogens is 3. The van der Waals surface area contributed by atoms with Gasteiger partial charge in [0, 0.05) is 4.47 Å². The van der Waals surface area contributed by atoms with Gasteiger partial charge in [0.25, 0.3) is 0 Å². The van der Waals surface area contributed by atoms with Crippen molar-refractivity contribution in [3.05, 3.63) is 27.7 Å². The van der Waals surface area contributed by atoms with Crippen LogP contribution in [0.25, 0.3) is 0 Å². The van der Waals surface area contributed by atoms with Crippen LogP contribution in [0.4, 0.5) is 5.95 Å². The van der Waals surface area contributed by atoms with Crippen molar-refractivity contribution in [1.82, 2.24) is 15.0 Å². The van der Waals surface area contributed by atoms with Gasteiger partial charge in [-0.1, -0.05) is 27.5 Å². The molecule has 0 spiro atoms. The molecule has 0 saturated carbocycles. The molecule has 0 fully saturated rings. The van der Waals surface area contributed by atoms with E-state index in [2.05, 4.69) is 30.9 Å². The highest BCUT2D eigenvalue weighted by Gasteiger charge is 2.11. The van der Waals surface area contributed by atoms with Gasteiger partial charge in [0.1, 0.15) is 0 Å². The number of hydrogen-bond acceptors (Lipinski definition) is 6. The molecule has 0 radical (unpaired) electrons. The van der Waals surface area contributed by atoms with E-state index in [1.165, 1.54) is 0 Å². The van der Waals surface area contributed by atoms with Crippen LogP contribution in [0.15, 0.2) is 22.7 Å². The van der Waals surface area contributed by atoms with Crippen LogP contribution < -0.4 is 15.2 Å². The second-order valence-electron chi connectivity index (χ2n) is 4.10. The third kappa shape index (κ3) is 3.94. The molecule has 8 heteroatoms. The average Bonchev–Trinajstić information content (AvgIpc) is 2.32. The van der Waals surface area contributed by atoms with E-state index in [4.69, 9.17) is 26.8 Å². The third-order valence-electron chi connectivity index (χ3n) is 2.05. The molecule has 2 rings (SSSR count). The SMILES string of the molecule is CC(C)Oc1nc(N)nc(Oc2cc(Br)ccc2Cl)n1. The number of anilines is 1. The van der Waals surface area contributed by atoms with E-state index in [0.29, 0.717) is 10.8 Å². The molecule has 20 heavy (non-hydrogen) atoms. The van der Waals surface area contributed by atoms with Gasteiger partial charge in [0.05, 0.1) is 11.1 Å². The molecule has 0 atom stereocenters. The highest BCUT2D eigenvalue weighted by molar-refractivity contribution is 9.10. The fourth-order valence-electron chi connectivity index (χ4n) is 1.32. The van der Waals surface area contributed by atoms with E-state index in [1.54, 1.807) is 18.2 Å². The van der Waals surface area contributed by atoms with Gasteiger partial charge in [-0.05, 0) is 32.0 Å². The number of hydrogen-bond donors (Lipinski definition) is 1. The van der Waals surface area contributed by atoms with Crippen LogP contribution in [0.1, 0.15) is 13.8 Å². The first kappa shape index (κ1) is 14.8. The summed E-state index contributed by atoms with van der Waals surface area (Å²) in [7, 11) is 0. The van der Waals surface area contributed by atoms with Crippen LogP contribution in [-0.4, -0.2) is 21.1 Å². The number of nitrogens with zero attached hydrogens (tertiary/aromatic N) is 3. The van der Waals surface area contributed by atoms with E-state index in [0.717, 1.165) is 4.47 Å². The van der Waals surface area contributed by atoms with Crippen LogP contribution in [0.2, 0.25) is 5.02 Å². The molecule has 1 aromatic heterocycles. The molecule has 1 heterocycles. The van der Waals surface area contributed by atoms with Crippen LogP contribution in [0.3, 0.4) is 0 Å². The van der Waals surface area contributed by atoms with Crippen molar-refractivity contribution in [2.24, 2.45) is 0 Å². The fourth-order valence-corrected chi connectivity index (χ4v) is 1.81. The lowest BCUT2D eigenvalue weighted by Crippen LogP contribution is -2.11. The molecule has 0 aliphatic heterocycles. The van der Waals surface area contributed by atoms with Gasteiger partial charge in [-0.2, -0.15) is 9.97 Å². The Morgan fingerprint density at radius 2 is 1.90 bits per heavy atom. The van der Waals surface area contributed by atoms with E-state index in [-0.39, 0.29) is 24.1 Å². The summed E-state index contributed by atoms with van der Waals surface area (Å²) in [4.78, 5) is 11.8. The minimum absolute atomic E-state index is 0.0109. The van der Waals surface area contributed by atoms with Gasteiger partial charge in [-0.25, -0.2) is 0 Å².